The molecule has 2 rings (SSSR count). The summed E-state index contributed by atoms with van der Waals surface area (Å²) in [5.41, 5.74) is 1.03. The number of rotatable bonds is 7. The van der Waals surface area contributed by atoms with Crippen LogP contribution < -0.4 is 10.1 Å². The van der Waals surface area contributed by atoms with Crippen molar-refractivity contribution in [3.05, 3.63) is 28.2 Å². The average molecular weight is 379 g/mol. The molecule has 1 N–H and O–H groups in total. The van der Waals surface area contributed by atoms with Gasteiger partial charge in [-0.05, 0) is 37.5 Å². The van der Waals surface area contributed by atoms with E-state index >= 15 is 0 Å². The van der Waals surface area contributed by atoms with Crippen molar-refractivity contribution in [1.29, 1.82) is 0 Å². The number of carbonyl (C=O) groups excluding carboxylic acids is 1. The van der Waals surface area contributed by atoms with E-state index in [2.05, 4.69) is 27.2 Å². The lowest BCUT2D eigenvalue weighted by molar-refractivity contribution is -0.131. The van der Waals surface area contributed by atoms with Gasteiger partial charge in [0.25, 0.3) is 0 Å². The van der Waals surface area contributed by atoms with Crippen LogP contribution in [0.25, 0.3) is 0 Å². The van der Waals surface area contributed by atoms with E-state index in [0.29, 0.717) is 19.5 Å². The number of hydrogen-bond donors (Lipinski definition) is 1. The number of carbonyl (C=O) groups is 1. The van der Waals surface area contributed by atoms with E-state index in [9.17, 15) is 4.79 Å². The number of piperidine rings is 1. The molecule has 5 heteroatoms. The summed E-state index contributed by atoms with van der Waals surface area (Å²) in [6, 6.07) is 5.83. The second-order valence-electron chi connectivity index (χ2n) is 5.61. The zero-order valence-corrected chi connectivity index (χ0v) is 14.9. The van der Waals surface area contributed by atoms with Gasteiger partial charge in [-0.1, -0.05) is 21.9 Å². The van der Waals surface area contributed by atoms with Crippen molar-refractivity contribution in [2.24, 2.45) is 0 Å². The highest BCUT2D eigenvalue weighted by atomic mass is 79.9. The van der Waals surface area contributed by atoms with Gasteiger partial charge in [-0.25, -0.2) is 0 Å². The number of amides is 1. The molecule has 0 unspecified atom stereocenters. The molecule has 124 valence electrons. The Balaban J connectivity index is 1.78. The number of halogens is 1. The molecule has 1 amide bonds. The van der Waals surface area contributed by atoms with Gasteiger partial charge in [0.05, 0.1) is 0 Å². The number of nitrogens with zero attached hydrogens (tertiary/aromatic N) is 1. The van der Waals surface area contributed by atoms with Crippen molar-refractivity contribution in [2.45, 2.75) is 32.2 Å². The van der Waals surface area contributed by atoms with Gasteiger partial charge in [-0.15, -0.1) is 6.42 Å². The third kappa shape index (κ3) is 5.89. The van der Waals surface area contributed by atoms with Gasteiger partial charge in [-0.3, -0.25) is 4.79 Å². The molecule has 0 radical (unpaired) electrons. The molecule has 1 fully saturated rings. The van der Waals surface area contributed by atoms with Crippen LogP contribution >= 0.6 is 15.9 Å². The first kappa shape index (κ1) is 17.8. The second-order valence-corrected chi connectivity index (χ2v) is 6.53. The Hall–Kier alpha value is -1.51. The van der Waals surface area contributed by atoms with Gasteiger partial charge in [0, 0.05) is 42.6 Å². The zero-order valence-electron chi connectivity index (χ0n) is 13.3. The molecule has 1 heterocycles. The van der Waals surface area contributed by atoms with Gasteiger partial charge >= 0.3 is 0 Å². The predicted molar refractivity (Wildman–Crippen MR) is 95.2 cm³/mol. The Labute approximate surface area is 146 Å². The zero-order chi connectivity index (χ0) is 16.5. The Morgan fingerprint density at radius 1 is 1.35 bits per heavy atom. The number of benzene rings is 1. The molecule has 0 atom stereocenters. The molecule has 0 spiro atoms. The van der Waals surface area contributed by atoms with E-state index in [1.165, 1.54) is 6.42 Å². The monoisotopic (exact) mass is 378 g/mol. The molecule has 0 aliphatic carbocycles. The maximum absolute atomic E-state index is 12.1. The quantitative estimate of drug-likeness (QED) is 0.585. The molecule has 4 nitrogen and oxygen atoms in total. The summed E-state index contributed by atoms with van der Waals surface area (Å²) in [5, 5.41) is 3.32. The van der Waals surface area contributed by atoms with Gasteiger partial charge in [0.15, 0.2) is 0 Å². The molecule has 0 aromatic heterocycles. The minimum Gasteiger partial charge on any atom is -0.481 e. The van der Waals surface area contributed by atoms with Crippen LogP contribution in [0.15, 0.2) is 22.7 Å². The second kappa shape index (κ2) is 9.59. The fourth-order valence-electron chi connectivity index (χ4n) is 2.67. The molecule has 1 aliphatic rings. The van der Waals surface area contributed by atoms with Gasteiger partial charge in [0.1, 0.15) is 12.4 Å². The van der Waals surface area contributed by atoms with E-state index in [1.807, 2.05) is 23.1 Å². The van der Waals surface area contributed by atoms with Crippen LogP contribution in [0.3, 0.4) is 0 Å². The molecular weight excluding hydrogens is 356 g/mol. The van der Waals surface area contributed by atoms with E-state index in [0.717, 1.165) is 41.7 Å². The lowest BCUT2D eigenvalue weighted by Crippen LogP contribution is -2.37. The predicted octanol–water partition coefficient (Wildman–Crippen LogP) is 2.95. The van der Waals surface area contributed by atoms with Crippen molar-refractivity contribution in [1.82, 2.24) is 10.2 Å². The summed E-state index contributed by atoms with van der Waals surface area (Å²) in [4.78, 5) is 14.1. The summed E-state index contributed by atoms with van der Waals surface area (Å²) >= 11 is 3.46. The summed E-state index contributed by atoms with van der Waals surface area (Å²) in [7, 11) is 0. The van der Waals surface area contributed by atoms with Gasteiger partial charge < -0.3 is 15.0 Å². The Kier molecular flexibility index (Phi) is 7.44. The van der Waals surface area contributed by atoms with E-state index in [1.54, 1.807) is 0 Å². The lowest BCUT2D eigenvalue weighted by atomic mass is 10.1. The molecular formula is C18H23BrN2O2. The minimum absolute atomic E-state index is 0.246. The van der Waals surface area contributed by atoms with Crippen LogP contribution in [0.1, 0.15) is 31.2 Å². The summed E-state index contributed by atoms with van der Waals surface area (Å²) < 4.78 is 6.53. The standard InChI is InChI=1S/C18H23BrN2O2/c1-2-12-23-17-7-6-16(19)13-15(17)14-20-9-8-18(22)21-10-4-3-5-11-21/h1,6-7,13,20H,3-5,8-12,14H2. The Bertz CT molecular complexity index is 563. The number of terminal acetylenes is 1. The summed E-state index contributed by atoms with van der Waals surface area (Å²) in [6.07, 6.45) is 9.28. The highest BCUT2D eigenvalue weighted by Crippen LogP contribution is 2.23. The first-order valence-corrected chi connectivity index (χ1v) is 8.83. The number of hydrogen-bond acceptors (Lipinski definition) is 3. The van der Waals surface area contributed by atoms with Crippen LogP contribution in [-0.4, -0.2) is 37.0 Å². The highest BCUT2D eigenvalue weighted by molar-refractivity contribution is 9.10. The molecule has 0 saturated carbocycles. The highest BCUT2D eigenvalue weighted by Gasteiger charge is 2.15. The Morgan fingerprint density at radius 3 is 2.87 bits per heavy atom. The van der Waals surface area contributed by atoms with E-state index in [4.69, 9.17) is 11.2 Å². The van der Waals surface area contributed by atoms with E-state index < -0.39 is 0 Å². The average Bonchev–Trinajstić information content (AvgIpc) is 2.58. The van der Waals surface area contributed by atoms with Gasteiger partial charge in [0.2, 0.25) is 5.91 Å². The fourth-order valence-corrected chi connectivity index (χ4v) is 3.07. The molecule has 23 heavy (non-hydrogen) atoms. The van der Waals surface area contributed by atoms with Crippen LogP contribution in [0.5, 0.6) is 5.75 Å². The fraction of sp³-hybridized carbons (Fsp3) is 0.500. The van der Waals surface area contributed by atoms with Crippen LogP contribution in [0.2, 0.25) is 0 Å². The third-order valence-electron chi connectivity index (χ3n) is 3.87. The van der Waals surface area contributed by atoms with E-state index in [-0.39, 0.29) is 12.5 Å². The summed E-state index contributed by atoms with van der Waals surface area (Å²) in [6.45, 7) is 3.38. The first-order chi connectivity index (χ1) is 11.2. The first-order valence-electron chi connectivity index (χ1n) is 8.04. The van der Waals surface area contributed by atoms with Crippen molar-refractivity contribution in [3.63, 3.8) is 0 Å². The van der Waals surface area contributed by atoms with Crippen molar-refractivity contribution >= 4 is 21.8 Å². The largest absolute Gasteiger partial charge is 0.481 e. The Morgan fingerprint density at radius 2 is 2.13 bits per heavy atom. The molecule has 0 bridgehead atoms. The van der Waals surface area contributed by atoms with Gasteiger partial charge in [-0.2, -0.15) is 0 Å². The number of likely N-dealkylation sites (tertiary alicyclic amines) is 1. The van der Waals surface area contributed by atoms with Crippen LogP contribution in [-0.2, 0) is 11.3 Å². The minimum atomic E-state index is 0.246. The number of ether oxygens (including phenoxy) is 1. The topological polar surface area (TPSA) is 41.6 Å². The van der Waals surface area contributed by atoms with Crippen LogP contribution in [0.4, 0.5) is 0 Å². The molecule has 1 aliphatic heterocycles. The molecule has 1 saturated heterocycles. The van der Waals surface area contributed by atoms with Crippen molar-refractivity contribution in [2.75, 3.05) is 26.2 Å². The maximum atomic E-state index is 12.1. The number of nitrogens with one attached hydrogen (secondary N) is 1. The smallest absolute Gasteiger partial charge is 0.223 e. The van der Waals surface area contributed by atoms with Crippen molar-refractivity contribution < 1.29 is 9.53 Å². The normalized spacial score (nSPS) is 14.3. The van der Waals surface area contributed by atoms with Crippen molar-refractivity contribution in [3.8, 4) is 18.1 Å². The summed E-state index contributed by atoms with van der Waals surface area (Å²) in [5.74, 6) is 3.50. The molecule has 1 aromatic carbocycles. The third-order valence-corrected chi connectivity index (χ3v) is 4.37. The maximum Gasteiger partial charge on any atom is 0.223 e. The molecule has 1 aromatic rings. The SMILES string of the molecule is C#CCOc1ccc(Br)cc1CNCCC(=O)N1CCCCC1. The lowest BCUT2D eigenvalue weighted by Gasteiger charge is -2.26. The van der Waals surface area contributed by atoms with Crippen LogP contribution in [0, 0.1) is 12.3 Å².